The third-order valence-electron chi connectivity index (χ3n) is 4.08. The summed E-state index contributed by atoms with van der Waals surface area (Å²) in [5.74, 6) is -0.240. The summed E-state index contributed by atoms with van der Waals surface area (Å²) in [6.45, 7) is 6.04. The molecule has 0 saturated carbocycles. The molecule has 5 nitrogen and oxygen atoms in total. The zero-order valence-electron chi connectivity index (χ0n) is 15.9. The van der Waals surface area contributed by atoms with Crippen LogP contribution in [0.1, 0.15) is 25.0 Å². The van der Waals surface area contributed by atoms with Crippen LogP contribution in [0.3, 0.4) is 0 Å². The number of benzene rings is 2. The maximum absolute atomic E-state index is 12.9. The Bertz CT molecular complexity index is 777. The number of carbonyl (C=O) groups excluding carboxylic acids is 2. The van der Waals surface area contributed by atoms with Gasteiger partial charge in [0, 0.05) is 13.1 Å². The second-order valence-corrected chi connectivity index (χ2v) is 6.33. The number of amides is 2. The summed E-state index contributed by atoms with van der Waals surface area (Å²) in [4.78, 5) is 26.2. The lowest BCUT2D eigenvalue weighted by molar-refractivity contribution is -0.141. The summed E-state index contributed by atoms with van der Waals surface area (Å²) in [6, 6.07) is 13.4. The third-order valence-corrected chi connectivity index (χ3v) is 4.08. The Hall–Kier alpha value is -2.89. The van der Waals surface area contributed by atoms with E-state index in [0.29, 0.717) is 12.3 Å². The van der Waals surface area contributed by atoms with Crippen molar-refractivity contribution in [1.29, 1.82) is 0 Å². The van der Waals surface area contributed by atoms with Gasteiger partial charge in [0.25, 0.3) is 5.91 Å². The molecule has 0 bridgehead atoms. The van der Waals surface area contributed by atoms with Crippen LogP contribution in [0.2, 0.25) is 0 Å². The van der Waals surface area contributed by atoms with Crippen molar-refractivity contribution in [3.8, 4) is 5.75 Å². The van der Waals surface area contributed by atoms with Gasteiger partial charge >= 0.3 is 0 Å². The number of ether oxygens (including phenoxy) is 1. The van der Waals surface area contributed by atoms with Gasteiger partial charge in [-0.05, 0) is 56.2 Å². The van der Waals surface area contributed by atoms with Crippen molar-refractivity contribution in [3.63, 3.8) is 0 Å². The normalized spacial score (nSPS) is 11.6. The van der Waals surface area contributed by atoms with Crippen LogP contribution in [-0.2, 0) is 16.1 Å². The van der Waals surface area contributed by atoms with Gasteiger partial charge in [0.15, 0.2) is 6.10 Å². The molecule has 0 aliphatic carbocycles. The van der Waals surface area contributed by atoms with Crippen LogP contribution in [0.25, 0.3) is 0 Å². The van der Waals surface area contributed by atoms with Gasteiger partial charge in [-0.2, -0.15) is 0 Å². The second-order valence-electron chi connectivity index (χ2n) is 6.33. The van der Waals surface area contributed by atoms with E-state index in [1.54, 1.807) is 25.1 Å². The summed E-state index contributed by atoms with van der Waals surface area (Å²) in [5.41, 5.74) is 1.83. The summed E-state index contributed by atoms with van der Waals surface area (Å²) in [7, 11) is 0. The number of halogens is 1. The average molecular weight is 372 g/mol. The van der Waals surface area contributed by atoms with Crippen molar-refractivity contribution in [2.45, 2.75) is 33.4 Å². The number of hydrogen-bond donors (Lipinski definition) is 1. The summed E-state index contributed by atoms with van der Waals surface area (Å²) >= 11 is 0. The first kappa shape index (κ1) is 20.4. The van der Waals surface area contributed by atoms with Gasteiger partial charge in [0.2, 0.25) is 5.91 Å². The summed E-state index contributed by atoms with van der Waals surface area (Å²) < 4.78 is 18.6. The second kappa shape index (κ2) is 9.71. The Morgan fingerprint density at radius 1 is 1.19 bits per heavy atom. The van der Waals surface area contributed by atoms with E-state index in [2.05, 4.69) is 5.32 Å². The Kier molecular flexibility index (Phi) is 7.34. The third kappa shape index (κ3) is 6.40. The number of nitrogens with one attached hydrogen (secondary N) is 1. The Balaban J connectivity index is 1.87. The molecule has 144 valence electrons. The molecule has 1 atom stereocenters. The molecule has 0 saturated heterocycles. The van der Waals surface area contributed by atoms with Crippen LogP contribution in [0, 0.1) is 12.7 Å². The van der Waals surface area contributed by atoms with Gasteiger partial charge in [0.1, 0.15) is 11.6 Å². The van der Waals surface area contributed by atoms with Crippen molar-refractivity contribution >= 4 is 11.8 Å². The summed E-state index contributed by atoms with van der Waals surface area (Å²) in [6.07, 6.45) is -0.698. The zero-order chi connectivity index (χ0) is 19.8. The Labute approximate surface area is 159 Å². The highest BCUT2D eigenvalue weighted by Gasteiger charge is 2.23. The van der Waals surface area contributed by atoms with Gasteiger partial charge in [-0.3, -0.25) is 9.59 Å². The van der Waals surface area contributed by atoms with E-state index in [-0.39, 0.29) is 30.7 Å². The molecule has 2 rings (SSSR count). The summed E-state index contributed by atoms with van der Waals surface area (Å²) in [5, 5.41) is 2.74. The van der Waals surface area contributed by atoms with E-state index < -0.39 is 6.10 Å². The molecule has 0 aliphatic rings. The lowest BCUT2D eigenvalue weighted by atomic mass is 10.2. The molecule has 6 heteroatoms. The van der Waals surface area contributed by atoms with Crippen LogP contribution in [0.4, 0.5) is 4.39 Å². The molecular weight excluding hydrogens is 347 g/mol. The highest BCUT2D eigenvalue weighted by molar-refractivity contribution is 5.87. The molecule has 0 radical (unpaired) electrons. The Morgan fingerprint density at radius 3 is 2.52 bits per heavy atom. The molecule has 2 aromatic carbocycles. The standard InChI is InChI=1S/C21H25FN2O3/c1-4-24(14-20(25)23-13-17-8-10-18(22)11-9-17)21(26)16(3)27-19-7-5-6-15(2)12-19/h5-12,16H,4,13-14H2,1-3H3,(H,23,25). The van der Waals surface area contributed by atoms with Crippen molar-refractivity contribution in [2.24, 2.45) is 0 Å². The van der Waals surface area contributed by atoms with E-state index >= 15 is 0 Å². The van der Waals surface area contributed by atoms with E-state index in [0.717, 1.165) is 11.1 Å². The fourth-order valence-corrected chi connectivity index (χ4v) is 2.58. The largest absolute Gasteiger partial charge is 0.481 e. The minimum Gasteiger partial charge on any atom is -0.481 e. The first-order valence-electron chi connectivity index (χ1n) is 8.92. The lowest BCUT2D eigenvalue weighted by Gasteiger charge is -2.24. The quantitative estimate of drug-likeness (QED) is 0.775. The fourth-order valence-electron chi connectivity index (χ4n) is 2.58. The van der Waals surface area contributed by atoms with Crippen LogP contribution in [0.5, 0.6) is 5.75 Å². The van der Waals surface area contributed by atoms with E-state index in [9.17, 15) is 14.0 Å². The highest BCUT2D eigenvalue weighted by Crippen LogP contribution is 2.15. The molecule has 0 aromatic heterocycles. The van der Waals surface area contributed by atoms with E-state index in [1.807, 2.05) is 32.0 Å². The average Bonchev–Trinajstić information content (AvgIpc) is 2.65. The van der Waals surface area contributed by atoms with Crippen LogP contribution in [-0.4, -0.2) is 35.9 Å². The van der Waals surface area contributed by atoms with Crippen LogP contribution < -0.4 is 10.1 Å². The van der Waals surface area contributed by atoms with Crippen LogP contribution >= 0.6 is 0 Å². The number of aryl methyl sites for hydroxylation is 1. The van der Waals surface area contributed by atoms with E-state index in [1.165, 1.54) is 17.0 Å². The molecular formula is C21H25FN2O3. The topological polar surface area (TPSA) is 58.6 Å². The highest BCUT2D eigenvalue weighted by atomic mass is 19.1. The molecule has 2 aromatic rings. The van der Waals surface area contributed by atoms with Gasteiger partial charge < -0.3 is 15.0 Å². The lowest BCUT2D eigenvalue weighted by Crippen LogP contribution is -2.45. The van der Waals surface area contributed by atoms with Crippen molar-refractivity contribution in [1.82, 2.24) is 10.2 Å². The minimum atomic E-state index is -0.698. The monoisotopic (exact) mass is 372 g/mol. The number of nitrogens with zero attached hydrogens (tertiary/aromatic N) is 1. The SMILES string of the molecule is CCN(CC(=O)NCc1ccc(F)cc1)C(=O)C(C)Oc1cccc(C)c1. The predicted octanol–water partition coefficient (Wildman–Crippen LogP) is 3.07. The first-order chi connectivity index (χ1) is 12.9. The molecule has 2 amide bonds. The first-order valence-corrected chi connectivity index (χ1v) is 8.92. The number of rotatable bonds is 8. The van der Waals surface area contributed by atoms with Gasteiger partial charge in [0.05, 0.1) is 6.54 Å². The molecule has 1 N–H and O–H groups in total. The van der Waals surface area contributed by atoms with Gasteiger partial charge in [-0.15, -0.1) is 0 Å². The Morgan fingerprint density at radius 2 is 1.89 bits per heavy atom. The predicted molar refractivity (Wildman–Crippen MR) is 102 cm³/mol. The van der Waals surface area contributed by atoms with Gasteiger partial charge in [-0.25, -0.2) is 4.39 Å². The molecule has 0 aliphatic heterocycles. The van der Waals surface area contributed by atoms with Crippen LogP contribution in [0.15, 0.2) is 48.5 Å². The number of carbonyl (C=O) groups is 2. The fraction of sp³-hybridized carbons (Fsp3) is 0.333. The maximum atomic E-state index is 12.9. The smallest absolute Gasteiger partial charge is 0.263 e. The van der Waals surface area contributed by atoms with Gasteiger partial charge in [-0.1, -0.05) is 24.3 Å². The molecule has 1 unspecified atom stereocenters. The van der Waals surface area contributed by atoms with Crippen molar-refractivity contribution < 1.29 is 18.7 Å². The number of hydrogen-bond acceptors (Lipinski definition) is 3. The van der Waals surface area contributed by atoms with Crippen molar-refractivity contribution in [2.75, 3.05) is 13.1 Å². The molecule has 27 heavy (non-hydrogen) atoms. The number of likely N-dealkylation sites (N-methyl/N-ethyl adjacent to an activating group) is 1. The van der Waals surface area contributed by atoms with E-state index in [4.69, 9.17) is 4.74 Å². The minimum absolute atomic E-state index is 0.0575. The zero-order valence-corrected chi connectivity index (χ0v) is 15.9. The van der Waals surface area contributed by atoms with Crippen molar-refractivity contribution in [3.05, 3.63) is 65.5 Å². The molecule has 0 fully saturated rings. The molecule has 0 heterocycles. The maximum Gasteiger partial charge on any atom is 0.263 e. The molecule has 0 spiro atoms.